The number of aryl methyl sites for hydroxylation is 1. The van der Waals surface area contributed by atoms with Gasteiger partial charge < -0.3 is 10.1 Å². The van der Waals surface area contributed by atoms with E-state index in [9.17, 15) is 14.0 Å². The Morgan fingerprint density at radius 1 is 0.906 bits per heavy atom. The third-order valence-corrected chi connectivity index (χ3v) is 5.49. The molecule has 3 aromatic carbocycles. The second kappa shape index (κ2) is 8.67. The van der Waals surface area contributed by atoms with Gasteiger partial charge in [-0.25, -0.2) is 9.29 Å². The second-order valence-electron chi connectivity index (χ2n) is 7.50. The average Bonchev–Trinajstić information content (AvgIpc) is 3.02. The van der Waals surface area contributed by atoms with Gasteiger partial charge in [-0.15, -0.1) is 0 Å². The van der Waals surface area contributed by atoms with Gasteiger partial charge in [0.25, 0.3) is 11.8 Å². The summed E-state index contributed by atoms with van der Waals surface area (Å²) >= 11 is 0. The molecule has 0 bridgehead atoms. The topological polar surface area (TPSA) is 58.6 Å². The highest BCUT2D eigenvalue weighted by Gasteiger charge is 2.40. The lowest BCUT2D eigenvalue weighted by atomic mass is 10.0. The normalized spacial score (nSPS) is 13.7. The van der Waals surface area contributed by atoms with Gasteiger partial charge in [0.1, 0.15) is 17.3 Å². The van der Waals surface area contributed by atoms with Gasteiger partial charge in [0.2, 0.25) is 0 Å². The molecule has 0 spiro atoms. The first kappa shape index (κ1) is 21.3. The number of hydrogen-bond acceptors (Lipinski definition) is 4. The number of anilines is 2. The molecular formula is C26H23FN2O3. The van der Waals surface area contributed by atoms with Gasteiger partial charge >= 0.3 is 0 Å². The molecule has 0 unspecified atom stereocenters. The first-order chi connectivity index (χ1) is 15.4. The maximum absolute atomic E-state index is 13.4. The van der Waals surface area contributed by atoms with Gasteiger partial charge in [0, 0.05) is 5.69 Å². The fourth-order valence-corrected chi connectivity index (χ4v) is 3.64. The van der Waals surface area contributed by atoms with Crippen LogP contribution in [0.15, 0.2) is 72.4 Å². The summed E-state index contributed by atoms with van der Waals surface area (Å²) in [5, 5.41) is 3.19. The number of nitrogens with one attached hydrogen (secondary N) is 1. The molecule has 0 atom stereocenters. The Hall–Kier alpha value is -3.93. The Kier molecular flexibility index (Phi) is 5.77. The zero-order valence-corrected chi connectivity index (χ0v) is 18.1. The molecule has 1 N–H and O–H groups in total. The molecule has 0 saturated carbocycles. The number of ether oxygens (including phenoxy) is 1. The van der Waals surface area contributed by atoms with Gasteiger partial charge in [-0.05, 0) is 79.9 Å². The van der Waals surface area contributed by atoms with E-state index in [0.29, 0.717) is 23.6 Å². The van der Waals surface area contributed by atoms with Crippen LogP contribution in [0.25, 0.3) is 5.57 Å². The van der Waals surface area contributed by atoms with Crippen LogP contribution in [0, 0.1) is 19.7 Å². The monoisotopic (exact) mass is 430 g/mol. The standard InChI is InChI=1S/C26H23FN2O3/c1-4-32-21-14-8-18(9-15-21)23-24(28-22-7-5-6-16(2)17(22)3)26(31)29(25(23)30)20-12-10-19(27)11-13-20/h5-15,28H,4H2,1-3H3. The SMILES string of the molecule is CCOc1ccc(C2=C(Nc3cccc(C)c3C)C(=O)N(c3ccc(F)cc3)C2=O)cc1. The van der Waals surface area contributed by atoms with E-state index in [1.165, 1.54) is 24.3 Å². The third-order valence-electron chi connectivity index (χ3n) is 5.49. The van der Waals surface area contributed by atoms with E-state index in [4.69, 9.17) is 4.74 Å². The average molecular weight is 430 g/mol. The number of benzene rings is 3. The van der Waals surface area contributed by atoms with Crippen molar-refractivity contribution in [3.8, 4) is 5.75 Å². The number of halogens is 1. The molecule has 0 radical (unpaired) electrons. The highest BCUT2D eigenvalue weighted by molar-refractivity contribution is 6.46. The molecule has 3 aromatic rings. The van der Waals surface area contributed by atoms with Crippen LogP contribution in [0.5, 0.6) is 5.75 Å². The van der Waals surface area contributed by atoms with Crippen molar-refractivity contribution < 1.29 is 18.7 Å². The zero-order chi connectivity index (χ0) is 22.8. The number of hydrogen-bond donors (Lipinski definition) is 1. The predicted molar refractivity (Wildman–Crippen MR) is 123 cm³/mol. The molecule has 5 nitrogen and oxygen atoms in total. The molecule has 1 aliphatic rings. The summed E-state index contributed by atoms with van der Waals surface area (Å²) in [6.07, 6.45) is 0. The van der Waals surface area contributed by atoms with Crippen LogP contribution in [-0.2, 0) is 9.59 Å². The molecule has 0 aliphatic carbocycles. The van der Waals surface area contributed by atoms with Crippen molar-refractivity contribution in [3.05, 3.63) is 94.9 Å². The zero-order valence-electron chi connectivity index (χ0n) is 18.1. The van der Waals surface area contributed by atoms with Gasteiger partial charge in [-0.2, -0.15) is 0 Å². The lowest BCUT2D eigenvalue weighted by molar-refractivity contribution is -0.120. The van der Waals surface area contributed by atoms with Crippen molar-refractivity contribution in [2.75, 3.05) is 16.8 Å². The molecule has 0 aromatic heterocycles. The van der Waals surface area contributed by atoms with Crippen LogP contribution in [0.3, 0.4) is 0 Å². The van der Waals surface area contributed by atoms with E-state index in [2.05, 4.69) is 5.32 Å². The number of nitrogens with zero attached hydrogens (tertiary/aromatic N) is 1. The number of rotatable bonds is 6. The number of carbonyl (C=O) groups excluding carboxylic acids is 2. The van der Waals surface area contributed by atoms with E-state index < -0.39 is 17.6 Å². The summed E-state index contributed by atoms with van der Waals surface area (Å²) in [5.74, 6) is -0.737. The first-order valence-electron chi connectivity index (χ1n) is 10.4. The van der Waals surface area contributed by atoms with Crippen molar-refractivity contribution in [2.45, 2.75) is 20.8 Å². The van der Waals surface area contributed by atoms with Crippen molar-refractivity contribution in [1.82, 2.24) is 0 Å². The lowest BCUT2D eigenvalue weighted by Gasteiger charge is -2.16. The molecule has 1 heterocycles. The maximum atomic E-state index is 13.4. The number of amides is 2. The fraction of sp³-hybridized carbons (Fsp3) is 0.154. The van der Waals surface area contributed by atoms with Crippen molar-refractivity contribution >= 4 is 28.8 Å². The first-order valence-corrected chi connectivity index (χ1v) is 10.4. The minimum absolute atomic E-state index is 0.178. The van der Waals surface area contributed by atoms with E-state index >= 15 is 0 Å². The molecule has 0 saturated heterocycles. The minimum Gasteiger partial charge on any atom is -0.494 e. The molecule has 1 aliphatic heterocycles. The molecular weight excluding hydrogens is 407 g/mol. The van der Waals surface area contributed by atoms with Crippen molar-refractivity contribution in [1.29, 1.82) is 0 Å². The summed E-state index contributed by atoms with van der Waals surface area (Å²) < 4.78 is 18.9. The van der Waals surface area contributed by atoms with Crippen LogP contribution < -0.4 is 15.0 Å². The minimum atomic E-state index is -0.494. The van der Waals surface area contributed by atoms with Crippen LogP contribution in [0.4, 0.5) is 15.8 Å². The Morgan fingerprint density at radius 3 is 2.25 bits per heavy atom. The summed E-state index contributed by atoms with van der Waals surface area (Å²) in [6, 6.07) is 18.1. The quantitative estimate of drug-likeness (QED) is 0.544. The fourth-order valence-electron chi connectivity index (χ4n) is 3.64. The second-order valence-corrected chi connectivity index (χ2v) is 7.50. The highest BCUT2D eigenvalue weighted by atomic mass is 19.1. The van der Waals surface area contributed by atoms with Gasteiger partial charge in [0.15, 0.2) is 0 Å². The third kappa shape index (κ3) is 3.87. The largest absolute Gasteiger partial charge is 0.494 e. The summed E-state index contributed by atoms with van der Waals surface area (Å²) in [7, 11) is 0. The highest BCUT2D eigenvalue weighted by Crippen LogP contribution is 2.35. The summed E-state index contributed by atoms with van der Waals surface area (Å²) in [6.45, 7) is 6.35. The molecule has 162 valence electrons. The molecule has 0 fully saturated rings. The molecule has 32 heavy (non-hydrogen) atoms. The summed E-state index contributed by atoms with van der Waals surface area (Å²) in [4.78, 5) is 27.9. The predicted octanol–water partition coefficient (Wildman–Crippen LogP) is 5.24. The van der Waals surface area contributed by atoms with Crippen molar-refractivity contribution in [2.24, 2.45) is 0 Å². The Labute approximate surface area is 186 Å². The van der Waals surface area contributed by atoms with E-state index in [1.54, 1.807) is 24.3 Å². The molecule has 6 heteroatoms. The van der Waals surface area contributed by atoms with Crippen LogP contribution in [0.1, 0.15) is 23.6 Å². The lowest BCUT2D eigenvalue weighted by Crippen LogP contribution is -2.32. The van der Waals surface area contributed by atoms with E-state index in [1.807, 2.05) is 39.0 Å². The maximum Gasteiger partial charge on any atom is 0.282 e. The summed E-state index contributed by atoms with van der Waals surface area (Å²) in [5.41, 5.74) is 4.11. The van der Waals surface area contributed by atoms with Crippen LogP contribution >= 0.6 is 0 Å². The number of carbonyl (C=O) groups is 2. The Balaban J connectivity index is 1.81. The Morgan fingerprint density at radius 2 is 1.59 bits per heavy atom. The molecule has 2 amide bonds. The smallest absolute Gasteiger partial charge is 0.282 e. The van der Waals surface area contributed by atoms with Crippen molar-refractivity contribution in [3.63, 3.8) is 0 Å². The van der Waals surface area contributed by atoms with E-state index in [-0.39, 0.29) is 11.3 Å². The van der Waals surface area contributed by atoms with Gasteiger partial charge in [0.05, 0.1) is 17.9 Å². The van der Waals surface area contributed by atoms with E-state index in [0.717, 1.165) is 21.7 Å². The van der Waals surface area contributed by atoms with Crippen LogP contribution in [0.2, 0.25) is 0 Å². The number of imide groups is 1. The Bertz CT molecular complexity index is 1210. The van der Waals surface area contributed by atoms with Gasteiger partial charge in [-0.3, -0.25) is 9.59 Å². The van der Waals surface area contributed by atoms with Crippen LogP contribution in [-0.4, -0.2) is 18.4 Å². The molecule has 4 rings (SSSR count). The van der Waals surface area contributed by atoms with Gasteiger partial charge in [-0.1, -0.05) is 24.3 Å².